The normalized spacial score (nSPS) is 9.93. The Morgan fingerprint density at radius 3 is 2.50 bits per heavy atom. The van der Waals surface area contributed by atoms with Gasteiger partial charge < -0.3 is 4.74 Å². The maximum absolute atomic E-state index is 13.0. The van der Waals surface area contributed by atoms with Gasteiger partial charge in [0.15, 0.2) is 0 Å². The Hall–Kier alpha value is -1.10. The highest BCUT2D eigenvalue weighted by atomic mass is 32.2. The molecule has 0 amide bonds. The topological polar surface area (TPSA) is 26.3 Å². The first kappa shape index (κ1) is 11.0. The van der Waals surface area contributed by atoms with Crippen LogP contribution in [-0.2, 0) is 11.3 Å². The first-order valence-electron chi connectivity index (χ1n) is 3.78. The zero-order valence-electron chi connectivity index (χ0n) is 7.42. The number of carbonyl (C=O) groups is 1. The zero-order chi connectivity index (χ0) is 10.6. The molecule has 76 valence electrons. The molecule has 0 N–H and O–H groups in total. The molecule has 14 heavy (non-hydrogen) atoms. The predicted molar refractivity (Wildman–Crippen MR) is 50.1 cm³/mol. The molecule has 0 saturated carbocycles. The summed E-state index contributed by atoms with van der Waals surface area (Å²) >= 11 is 0.850. The Kier molecular flexibility index (Phi) is 3.88. The third-order valence-electron chi connectivity index (χ3n) is 1.56. The number of halogens is 2. The van der Waals surface area contributed by atoms with Crippen LogP contribution in [0.3, 0.4) is 0 Å². The summed E-state index contributed by atoms with van der Waals surface area (Å²) in [5.74, 6) is -1.42. The first-order valence-corrected chi connectivity index (χ1v) is 5.01. The molecule has 0 aliphatic rings. The lowest BCUT2D eigenvalue weighted by molar-refractivity contribution is 0.166. The molecule has 1 rings (SSSR count). The summed E-state index contributed by atoms with van der Waals surface area (Å²) in [4.78, 5) is 10.7. The van der Waals surface area contributed by atoms with Gasteiger partial charge in [0, 0.05) is 0 Å². The van der Waals surface area contributed by atoms with Crippen LogP contribution in [0.2, 0.25) is 0 Å². The van der Waals surface area contributed by atoms with E-state index in [1.165, 1.54) is 12.3 Å². The van der Waals surface area contributed by atoms with Crippen molar-refractivity contribution in [3.05, 3.63) is 35.4 Å². The Balaban J connectivity index is 2.71. The van der Waals surface area contributed by atoms with Crippen LogP contribution in [0.15, 0.2) is 18.2 Å². The highest BCUT2D eigenvalue weighted by molar-refractivity contribution is 8.12. The lowest BCUT2D eigenvalue weighted by atomic mass is 10.2. The lowest BCUT2D eigenvalue weighted by Crippen LogP contribution is -2.02. The van der Waals surface area contributed by atoms with Crippen LogP contribution >= 0.6 is 11.8 Å². The molecule has 5 heteroatoms. The molecule has 0 spiro atoms. The van der Waals surface area contributed by atoms with E-state index in [4.69, 9.17) is 0 Å². The van der Waals surface area contributed by atoms with E-state index in [1.54, 1.807) is 0 Å². The van der Waals surface area contributed by atoms with E-state index in [0.717, 1.165) is 23.9 Å². The second kappa shape index (κ2) is 4.95. The van der Waals surface area contributed by atoms with Crippen molar-refractivity contribution in [3.8, 4) is 0 Å². The number of benzene rings is 1. The summed E-state index contributed by atoms with van der Waals surface area (Å²) in [6, 6.07) is 3.49. The molecule has 0 aromatic heterocycles. The van der Waals surface area contributed by atoms with Gasteiger partial charge in [-0.15, -0.1) is 0 Å². The van der Waals surface area contributed by atoms with Crippen LogP contribution in [0.5, 0.6) is 0 Å². The third kappa shape index (κ3) is 2.70. The van der Waals surface area contributed by atoms with Crippen molar-refractivity contribution in [2.24, 2.45) is 0 Å². The van der Waals surface area contributed by atoms with E-state index >= 15 is 0 Å². The van der Waals surface area contributed by atoms with Gasteiger partial charge in [0.1, 0.15) is 18.2 Å². The van der Waals surface area contributed by atoms with Gasteiger partial charge >= 0.3 is 5.30 Å². The molecular formula is C9H8F2O2S. The maximum atomic E-state index is 13.0. The monoisotopic (exact) mass is 218 g/mol. The van der Waals surface area contributed by atoms with E-state index in [0.29, 0.717) is 0 Å². The molecule has 0 aliphatic carbocycles. The van der Waals surface area contributed by atoms with Gasteiger partial charge in [-0.3, -0.25) is 0 Å². The highest BCUT2D eigenvalue weighted by Gasteiger charge is 2.10. The van der Waals surface area contributed by atoms with Crippen molar-refractivity contribution >= 4 is 17.1 Å². The van der Waals surface area contributed by atoms with Crippen LogP contribution < -0.4 is 0 Å². The fourth-order valence-electron chi connectivity index (χ4n) is 0.860. The molecule has 0 heterocycles. The second-order valence-corrected chi connectivity index (χ2v) is 3.18. The molecular weight excluding hydrogens is 210 g/mol. The zero-order valence-corrected chi connectivity index (χ0v) is 8.24. The van der Waals surface area contributed by atoms with Gasteiger partial charge in [-0.1, -0.05) is 6.07 Å². The summed E-state index contributed by atoms with van der Waals surface area (Å²) in [6.45, 7) is -0.377. The molecule has 0 radical (unpaired) electrons. The van der Waals surface area contributed by atoms with Gasteiger partial charge in [0.25, 0.3) is 0 Å². The number of carbonyl (C=O) groups excluding carboxylic acids is 1. The summed E-state index contributed by atoms with van der Waals surface area (Å²) < 4.78 is 30.5. The smallest absolute Gasteiger partial charge is 0.367 e. The van der Waals surface area contributed by atoms with E-state index < -0.39 is 16.9 Å². The standard InChI is InChI=1S/C9H8F2O2S/c1-14-9(12)13-5-6-7(10)3-2-4-8(6)11/h2-4H,5H2,1H3. The van der Waals surface area contributed by atoms with Crippen LogP contribution in [0.25, 0.3) is 0 Å². The molecule has 0 saturated heterocycles. The van der Waals surface area contributed by atoms with Crippen LogP contribution in [-0.4, -0.2) is 11.6 Å². The Bertz CT molecular complexity index is 321. The highest BCUT2D eigenvalue weighted by Crippen LogP contribution is 2.14. The maximum Gasteiger partial charge on any atom is 0.367 e. The first-order chi connectivity index (χ1) is 6.65. The van der Waals surface area contributed by atoms with Crippen molar-refractivity contribution in [1.29, 1.82) is 0 Å². The Morgan fingerprint density at radius 1 is 1.43 bits per heavy atom. The average molecular weight is 218 g/mol. The van der Waals surface area contributed by atoms with Crippen molar-refractivity contribution < 1.29 is 18.3 Å². The van der Waals surface area contributed by atoms with E-state index in [2.05, 4.69) is 4.74 Å². The molecule has 1 aromatic rings. The Morgan fingerprint density at radius 2 is 2.00 bits per heavy atom. The third-order valence-corrected chi connectivity index (χ3v) is 2.01. The van der Waals surface area contributed by atoms with Crippen LogP contribution in [0, 0.1) is 11.6 Å². The van der Waals surface area contributed by atoms with Gasteiger partial charge in [-0.25, -0.2) is 13.6 Å². The summed E-state index contributed by atoms with van der Waals surface area (Å²) in [7, 11) is 0. The largest absolute Gasteiger partial charge is 0.452 e. The SMILES string of the molecule is CSC(=O)OCc1c(F)cccc1F. The minimum atomic E-state index is -0.709. The molecule has 0 unspecified atom stereocenters. The van der Waals surface area contributed by atoms with Crippen molar-refractivity contribution in [1.82, 2.24) is 0 Å². The van der Waals surface area contributed by atoms with E-state index in [1.807, 2.05) is 0 Å². The number of ether oxygens (including phenoxy) is 1. The van der Waals surface area contributed by atoms with Crippen molar-refractivity contribution in [2.75, 3.05) is 6.26 Å². The number of hydrogen-bond donors (Lipinski definition) is 0. The van der Waals surface area contributed by atoms with E-state index in [9.17, 15) is 13.6 Å². The average Bonchev–Trinajstić information content (AvgIpc) is 2.16. The van der Waals surface area contributed by atoms with Crippen LogP contribution in [0.1, 0.15) is 5.56 Å². The van der Waals surface area contributed by atoms with Gasteiger partial charge in [-0.05, 0) is 30.2 Å². The summed E-state index contributed by atoms with van der Waals surface area (Å²) in [5.41, 5.74) is -0.227. The second-order valence-electron chi connectivity index (χ2n) is 2.44. The Labute approximate surface area is 84.3 Å². The molecule has 0 bridgehead atoms. The molecule has 0 atom stereocenters. The molecule has 0 aliphatic heterocycles. The van der Waals surface area contributed by atoms with Gasteiger partial charge in [0.2, 0.25) is 0 Å². The fourth-order valence-corrected chi connectivity index (χ4v) is 1.04. The molecule has 2 nitrogen and oxygen atoms in total. The van der Waals surface area contributed by atoms with Gasteiger partial charge in [0.05, 0.1) is 5.56 Å². The summed E-state index contributed by atoms with van der Waals surface area (Å²) in [6.07, 6.45) is 1.53. The molecule has 0 fully saturated rings. The van der Waals surface area contributed by atoms with E-state index in [-0.39, 0.29) is 12.2 Å². The summed E-state index contributed by atoms with van der Waals surface area (Å²) in [5, 5.41) is -0.562. The number of thioether (sulfide) groups is 1. The fraction of sp³-hybridized carbons (Fsp3) is 0.222. The minimum absolute atomic E-state index is 0.227. The van der Waals surface area contributed by atoms with Gasteiger partial charge in [-0.2, -0.15) is 0 Å². The predicted octanol–water partition coefficient (Wildman–Crippen LogP) is 2.96. The van der Waals surface area contributed by atoms with Crippen molar-refractivity contribution in [2.45, 2.75) is 6.61 Å². The number of hydrogen-bond acceptors (Lipinski definition) is 3. The van der Waals surface area contributed by atoms with Crippen LogP contribution in [0.4, 0.5) is 13.6 Å². The molecule has 1 aromatic carbocycles. The lowest BCUT2D eigenvalue weighted by Gasteiger charge is -2.04. The quantitative estimate of drug-likeness (QED) is 0.714. The number of rotatable bonds is 2. The van der Waals surface area contributed by atoms with Crippen molar-refractivity contribution in [3.63, 3.8) is 0 Å². The minimum Gasteiger partial charge on any atom is -0.452 e.